The Balaban J connectivity index is 1.72. The summed E-state index contributed by atoms with van der Waals surface area (Å²) in [6.45, 7) is 0.960. The second-order valence-electron chi connectivity index (χ2n) is 5.41. The minimum atomic E-state index is 0.396. The molecule has 0 spiro atoms. The number of hydrogen-bond acceptors (Lipinski definition) is 2. The lowest BCUT2D eigenvalue weighted by molar-refractivity contribution is -0.110. The number of carbonyl (C=O) groups excluding carboxylic acids is 1. The van der Waals surface area contributed by atoms with E-state index in [-0.39, 0.29) is 0 Å². The number of carbonyl (C=O) groups is 1. The first-order chi connectivity index (χ1) is 9.38. The van der Waals surface area contributed by atoms with Crippen LogP contribution in [0.25, 0.3) is 0 Å². The van der Waals surface area contributed by atoms with E-state index >= 15 is 0 Å². The molecule has 1 saturated carbocycles. The molecule has 1 fully saturated rings. The summed E-state index contributed by atoms with van der Waals surface area (Å²) in [7, 11) is 0. The largest absolute Gasteiger partial charge is 0.356 e. The molecule has 2 rings (SSSR count). The van der Waals surface area contributed by atoms with Gasteiger partial charge in [-0.05, 0) is 44.1 Å². The van der Waals surface area contributed by atoms with Crippen LogP contribution < -0.4 is 10.6 Å². The quantitative estimate of drug-likeness (QED) is 0.799. The lowest BCUT2D eigenvalue weighted by Crippen LogP contribution is -2.34. The van der Waals surface area contributed by atoms with Crippen molar-refractivity contribution in [1.82, 2.24) is 10.6 Å². The summed E-state index contributed by atoms with van der Waals surface area (Å²) in [5.74, 6) is 0. The third kappa shape index (κ3) is 5.03. The fraction of sp³-hybridized carbons (Fsp3) is 0.562. The molecule has 0 saturated heterocycles. The van der Waals surface area contributed by atoms with Gasteiger partial charge >= 0.3 is 0 Å². The van der Waals surface area contributed by atoms with Crippen molar-refractivity contribution in [2.24, 2.45) is 0 Å². The highest BCUT2D eigenvalue weighted by Gasteiger charge is 2.15. The maximum atomic E-state index is 10.5. The number of amides is 1. The van der Waals surface area contributed by atoms with Crippen LogP contribution in [0, 0.1) is 0 Å². The Morgan fingerprint density at radius 2 is 1.63 bits per heavy atom. The van der Waals surface area contributed by atoms with Crippen LogP contribution >= 0.6 is 0 Å². The van der Waals surface area contributed by atoms with Crippen molar-refractivity contribution in [3.05, 3.63) is 35.9 Å². The van der Waals surface area contributed by atoms with Gasteiger partial charge in [-0.3, -0.25) is 4.79 Å². The van der Waals surface area contributed by atoms with Crippen LogP contribution in [-0.2, 0) is 11.3 Å². The molecule has 0 aliphatic heterocycles. The maximum Gasteiger partial charge on any atom is 0.207 e. The van der Waals surface area contributed by atoms with Crippen molar-refractivity contribution in [3.63, 3.8) is 0 Å². The average molecular weight is 260 g/mol. The molecule has 1 aromatic rings. The third-order valence-corrected chi connectivity index (χ3v) is 3.95. The van der Waals surface area contributed by atoms with Gasteiger partial charge in [0, 0.05) is 18.6 Å². The van der Waals surface area contributed by atoms with Gasteiger partial charge in [0.05, 0.1) is 0 Å². The Hall–Kier alpha value is -1.35. The topological polar surface area (TPSA) is 41.1 Å². The minimum absolute atomic E-state index is 0.396. The van der Waals surface area contributed by atoms with E-state index in [4.69, 9.17) is 0 Å². The van der Waals surface area contributed by atoms with E-state index in [1.54, 1.807) is 0 Å². The highest BCUT2D eigenvalue weighted by atomic mass is 16.1. The summed E-state index contributed by atoms with van der Waals surface area (Å²) in [5, 5.41) is 6.59. The Morgan fingerprint density at radius 3 is 2.26 bits per heavy atom. The minimum Gasteiger partial charge on any atom is -0.356 e. The van der Waals surface area contributed by atoms with Gasteiger partial charge < -0.3 is 10.6 Å². The Kier molecular flexibility index (Phi) is 5.89. The van der Waals surface area contributed by atoms with Gasteiger partial charge in [0.1, 0.15) is 0 Å². The normalized spacial score (nSPS) is 24.2. The first-order valence-electron chi connectivity index (χ1n) is 7.35. The smallest absolute Gasteiger partial charge is 0.207 e. The molecule has 2 N–H and O–H groups in total. The molecule has 1 aromatic carbocycles. The Labute approximate surface area is 115 Å². The van der Waals surface area contributed by atoms with Gasteiger partial charge in [-0.25, -0.2) is 0 Å². The molecule has 1 aliphatic rings. The molecule has 3 heteroatoms. The van der Waals surface area contributed by atoms with Crippen molar-refractivity contribution in [1.29, 1.82) is 0 Å². The average Bonchev–Trinajstić information content (AvgIpc) is 2.42. The number of hydrogen-bond donors (Lipinski definition) is 2. The predicted octanol–water partition coefficient (Wildman–Crippen LogP) is 2.61. The fourth-order valence-corrected chi connectivity index (χ4v) is 2.84. The van der Waals surface area contributed by atoms with E-state index in [0.717, 1.165) is 25.8 Å². The lowest BCUT2D eigenvalue weighted by atomic mass is 9.93. The number of rotatable bonds is 5. The second kappa shape index (κ2) is 7.95. The van der Waals surface area contributed by atoms with Gasteiger partial charge in [0.25, 0.3) is 0 Å². The van der Waals surface area contributed by atoms with Crippen LogP contribution in [0.15, 0.2) is 30.3 Å². The molecule has 104 valence electrons. The first kappa shape index (κ1) is 14.1. The second-order valence-corrected chi connectivity index (χ2v) is 5.41. The summed E-state index contributed by atoms with van der Waals surface area (Å²) in [5.41, 5.74) is 1.35. The number of nitrogens with one attached hydrogen (secondary N) is 2. The maximum absolute atomic E-state index is 10.5. The Morgan fingerprint density at radius 1 is 1.00 bits per heavy atom. The van der Waals surface area contributed by atoms with E-state index in [1.807, 2.05) is 0 Å². The molecular weight excluding hydrogens is 236 g/mol. The molecule has 0 unspecified atom stereocenters. The molecule has 0 heterocycles. The van der Waals surface area contributed by atoms with Crippen molar-refractivity contribution < 1.29 is 4.79 Å². The molecule has 0 bridgehead atoms. The molecule has 1 aliphatic carbocycles. The van der Waals surface area contributed by atoms with Crippen molar-refractivity contribution in [3.8, 4) is 0 Å². The van der Waals surface area contributed by atoms with Gasteiger partial charge in [0.15, 0.2) is 0 Å². The molecule has 0 atom stereocenters. The Bertz CT molecular complexity index is 356. The zero-order valence-electron chi connectivity index (χ0n) is 11.5. The SMILES string of the molecule is O=CNC1CCCC(NCc2ccccc2)CCC1. The molecular formula is C16H24N2O. The van der Waals surface area contributed by atoms with Crippen LogP contribution in [0.2, 0.25) is 0 Å². The van der Waals surface area contributed by atoms with Gasteiger partial charge in [0.2, 0.25) is 6.41 Å². The zero-order valence-corrected chi connectivity index (χ0v) is 11.5. The van der Waals surface area contributed by atoms with Gasteiger partial charge in [-0.1, -0.05) is 30.3 Å². The van der Waals surface area contributed by atoms with Crippen LogP contribution in [-0.4, -0.2) is 18.5 Å². The predicted molar refractivity (Wildman–Crippen MR) is 77.8 cm³/mol. The fourth-order valence-electron chi connectivity index (χ4n) is 2.84. The summed E-state index contributed by atoms with van der Waals surface area (Å²) >= 11 is 0. The van der Waals surface area contributed by atoms with Crippen LogP contribution in [0.1, 0.15) is 44.1 Å². The third-order valence-electron chi connectivity index (χ3n) is 3.95. The molecule has 1 amide bonds. The van der Waals surface area contributed by atoms with Crippen LogP contribution in [0.5, 0.6) is 0 Å². The van der Waals surface area contributed by atoms with Gasteiger partial charge in [-0.2, -0.15) is 0 Å². The molecule has 0 aromatic heterocycles. The monoisotopic (exact) mass is 260 g/mol. The van der Waals surface area contributed by atoms with E-state index in [9.17, 15) is 4.79 Å². The zero-order chi connectivity index (χ0) is 13.3. The van der Waals surface area contributed by atoms with Crippen molar-refractivity contribution in [2.75, 3.05) is 0 Å². The molecule has 19 heavy (non-hydrogen) atoms. The summed E-state index contributed by atoms with van der Waals surface area (Å²) in [4.78, 5) is 10.5. The lowest BCUT2D eigenvalue weighted by Gasteiger charge is -2.25. The first-order valence-corrected chi connectivity index (χ1v) is 7.35. The van der Waals surface area contributed by atoms with E-state index in [2.05, 4.69) is 41.0 Å². The van der Waals surface area contributed by atoms with Crippen molar-refractivity contribution in [2.45, 2.75) is 57.2 Å². The molecule has 0 radical (unpaired) electrons. The summed E-state index contributed by atoms with van der Waals surface area (Å²) in [6, 6.07) is 11.6. The highest BCUT2D eigenvalue weighted by molar-refractivity contribution is 5.46. The van der Waals surface area contributed by atoms with E-state index < -0.39 is 0 Å². The van der Waals surface area contributed by atoms with Gasteiger partial charge in [-0.15, -0.1) is 0 Å². The molecule has 3 nitrogen and oxygen atoms in total. The number of benzene rings is 1. The van der Waals surface area contributed by atoms with Crippen LogP contribution in [0.4, 0.5) is 0 Å². The van der Waals surface area contributed by atoms with Crippen molar-refractivity contribution >= 4 is 6.41 Å². The van der Waals surface area contributed by atoms with Crippen LogP contribution in [0.3, 0.4) is 0 Å². The van der Waals surface area contributed by atoms with E-state index in [0.29, 0.717) is 12.1 Å². The standard InChI is InChI=1S/C16H24N2O/c19-13-18-16-10-4-8-15(9-5-11-16)17-12-14-6-2-1-3-7-14/h1-3,6-7,13,15-17H,4-5,8-12H2,(H,18,19). The summed E-state index contributed by atoms with van der Waals surface area (Å²) < 4.78 is 0. The highest BCUT2D eigenvalue weighted by Crippen LogP contribution is 2.18. The van der Waals surface area contributed by atoms with E-state index in [1.165, 1.54) is 31.2 Å². The summed E-state index contributed by atoms with van der Waals surface area (Å²) in [6.07, 6.45) is 7.88.